The van der Waals surface area contributed by atoms with Gasteiger partial charge in [0.1, 0.15) is 5.92 Å². The molecule has 24 heavy (non-hydrogen) atoms. The average Bonchev–Trinajstić information content (AvgIpc) is 2.59. The molecular weight excluding hydrogens is 304 g/mol. The van der Waals surface area contributed by atoms with E-state index in [0.717, 1.165) is 11.1 Å². The van der Waals surface area contributed by atoms with E-state index in [1.807, 2.05) is 56.3 Å². The second kappa shape index (κ2) is 7.75. The Labute approximate surface area is 141 Å². The van der Waals surface area contributed by atoms with Gasteiger partial charge in [0, 0.05) is 0 Å². The van der Waals surface area contributed by atoms with Crippen LogP contribution in [0.3, 0.4) is 0 Å². The first-order valence-corrected chi connectivity index (χ1v) is 7.87. The largest absolute Gasteiger partial charge is 0.369 e. The van der Waals surface area contributed by atoms with Crippen molar-refractivity contribution < 1.29 is 14.8 Å². The number of nitrogens with two attached hydrogens (primary N) is 1. The molecule has 0 bridgehead atoms. The highest BCUT2D eigenvalue weighted by Crippen LogP contribution is 2.24. The van der Waals surface area contributed by atoms with Gasteiger partial charge in [-0.1, -0.05) is 56.3 Å². The van der Waals surface area contributed by atoms with E-state index in [4.69, 9.17) is 5.73 Å². The lowest BCUT2D eigenvalue weighted by Crippen LogP contribution is -2.41. The van der Waals surface area contributed by atoms with Crippen molar-refractivity contribution in [3.63, 3.8) is 0 Å². The van der Waals surface area contributed by atoms with Crippen LogP contribution in [-0.4, -0.2) is 17.0 Å². The topological polar surface area (TPSA) is 83.6 Å². The molecule has 2 rings (SSSR count). The molecule has 5 heteroatoms. The highest BCUT2D eigenvalue weighted by atomic mass is 16.5. The van der Waals surface area contributed by atoms with Crippen LogP contribution in [-0.2, 0) is 9.59 Å². The molecule has 0 saturated carbocycles. The van der Waals surface area contributed by atoms with Crippen molar-refractivity contribution in [3.05, 3.63) is 54.6 Å². The fourth-order valence-electron chi connectivity index (χ4n) is 2.51. The molecule has 0 heterocycles. The minimum atomic E-state index is -1.04. The van der Waals surface area contributed by atoms with Crippen molar-refractivity contribution in [3.8, 4) is 11.1 Å². The zero-order valence-electron chi connectivity index (χ0n) is 13.8. The molecular formula is C19H22N2O3. The van der Waals surface area contributed by atoms with Crippen LogP contribution in [0.5, 0.6) is 0 Å². The number of hydrogen-bond acceptors (Lipinski definition) is 3. The molecule has 0 aliphatic rings. The van der Waals surface area contributed by atoms with Crippen molar-refractivity contribution in [1.29, 1.82) is 0 Å². The van der Waals surface area contributed by atoms with Crippen molar-refractivity contribution in [2.24, 2.45) is 17.6 Å². The van der Waals surface area contributed by atoms with Gasteiger partial charge in [-0.2, -0.15) is 5.06 Å². The third-order valence-corrected chi connectivity index (χ3v) is 3.78. The molecule has 1 unspecified atom stereocenters. The summed E-state index contributed by atoms with van der Waals surface area (Å²) in [4.78, 5) is 23.9. The number of carbonyl (C=O) groups excluding carboxylic acids is 2. The maximum Gasteiger partial charge on any atom is 0.263 e. The molecule has 0 radical (unpaired) electrons. The van der Waals surface area contributed by atoms with E-state index in [2.05, 4.69) is 0 Å². The van der Waals surface area contributed by atoms with Crippen LogP contribution in [0.25, 0.3) is 11.1 Å². The molecule has 2 aromatic rings. The Morgan fingerprint density at radius 2 is 1.54 bits per heavy atom. The highest BCUT2D eigenvalue weighted by molar-refractivity contribution is 6.06. The van der Waals surface area contributed by atoms with Crippen LogP contribution in [0.4, 0.5) is 5.69 Å². The molecule has 2 aromatic carbocycles. The monoisotopic (exact) mass is 326 g/mol. The van der Waals surface area contributed by atoms with E-state index >= 15 is 0 Å². The van der Waals surface area contributed by atoms with Gasteiger partial charge in [0.2, 0.25) is 5.91 Å². The summed E-state index contributed by atoms with van der Waals surface area (Å²) in [5.41, 5.74) is 7.61. The first kappa shape index (κ1) is 17.7. The molecule has 0 spiro atoms. The number of primary amides is 1. The fourth-order valence-corrected chi connectivity index (χ4v) is 2.51. The van der Waals surface area contributed by atoms with Gasteiger partial charge in [0.05, 0.1) is 5.69 Å². The van der Waals surface area contributed by atoms with E-state index in [-0.39, 0.29) is 5.92 Å². The number of carbonyl (C=O) groups is 2. The van der Waals surface area contributed by atoms with Crippen molar-refractivity contribution in [2.45, 2.75) is 20.3 Å². The van der Waals surface area contributed by atoms with Gasteiger partial charge in [-0.3, -0.25) is 14.8 Å². The van der Waals surface area contributed by atoms with Gasteiger partial charge in [0.25, 0.3) is 5.91 Å². The Morgan fingerprint density at radius 1 is 1.00 bits per heavy atom. The van der Waals surface area contributed by atoms with Gasteiger partial charge >= 0.3 is 0 Å². The summed E-state index contributed by atoms with van der Waals surface area (Å²) in [5.74, 6) is -2.36. The number of amides is 2. The van der Waals surface area contributed by atoms with Crippen LogP contribution >= 0.6 is 0 Å². The number of hydrogen-bond donors (Lipinski definition) is 2. The fraction of sp³-hybridized carbons (Fsp3) is 0.263. The number of nitrogens with zero attached hydrogens (tertiary/aromatic N) is 1. The Kier molecular flexibility index (Phi) is 5.71. The number of anilines is 1. The van der Waals surface area contributed by atoms with E-state index in [0.29, 0.717) is 17.2 Å². The minimum absolute atomic E-state index is 0.111. The SMILES string of the molecule is CC(C)CC(C(N)=O)C(=O)N(O)c1ccc(-c2ccccc2)cc1. The lowest BCUT2D eigenvalue weighted by atomic mass is 9.95. The molecule has 3 N–H and O–H groups in total. The molecule has 0 fully saturated rings. The summed E-state index contributed by atoms with van der Waals surface area (Å²) >= 11 is 0. The van der Waals surface area contributed by atoms with Gasteiger partial charge < -0.3 is 5.73 Å². The van der Waals surface area contributed by atoms with E-state index in [9.17, 15) is 14.8 Å². The van der Waals surface area contributed by atoms with Gasteiger partial charge in [-0.05, 0) is 35.6 Å². The first-order chi connectivity index (χ1) is 11.4. The number of hydroxylamine groups is 1. The van der Waals surface area contributed by atoms with E-state index in [1.54, 1.807) is 12.1 Å². The van der Waals surface area contributed by atoms with Gasteiger partial charge in [-0.15, -0.1) is 0 Å². The average molecular weight is 326 g/mol. The maximum absolute atomic E-state index is 12.4. The minimum Gasteiger partial charge on any atom is -0.369 e. The van der Waals surface area contributed by atoms with Crippen LogP contribution in [0.2, 0.25) is 0 Å². The summed E-state index contributed by atoms with van der Waals surface area (Å²) in [7, 11) is 0. The van der Waals surface area contributed by atoms with E-state index in [1.165, 1.54) is 0 Å². The molecule has 2 amide bonds. The second-order valence-corrected chi connectivity index (χ2v) is 6.15. The standard InChI is InChI=1S/C19H22N2O3/c1-13(2)12-17(18(20)22)19(23)21(24)16-10-8-15(9-11-16)14-6-4-3-5-7-14/h3-11,13,17,24H,12H2,1-2H3,(H2,20,22). The lowest BCUT2D eigenvalue weighted by molar-refractivity contribution is -0.135. The molecule has 0 aliphatic heterocycles. The lowest BCUT2D eigenvalue weighted by Gasteiger charge is -2.21. The van der Waals surface area contributed by atoms with Crippen LogP contribution in [0.15, 0.2) is 54.6 Å². The summed E-state index contributed by atoms with van der Waals surface area (Å²) in [6.07, 6.45) is 0.299. The molecule has 5 nitrogen and oxygen atoms in total. The molecule has 0 aliphatic carbocycles. The summed E-state index contributed by atoms with van der Waals surface area (Å²) in [5, 5.41) is 10.7. The second-order valence-electron chi connectivity index (χ2n) is 6.15. The molecule has 0 saturated heterocycles. The van der Waals surface area contributed by atoms with Crippen molar-refractivity contribution in [1.82, 2.24) is 0 Å². The van der Waals surface area contributed by atoms with E-state index < -0.39 is 17.7 Å². The van der Waals surface area contributed by atoms with Crippen molar-refractivity contribution in [2.75, 3.05) is 5.06 Å². The summed E-state index contributed by atoms with van der Waals surface area (Å²) in [6, 6.07) is 16.6. The number of benzene rings is 2. The Morgan fingerprint density at radius 3 is 2.04 bits per heavy atom. The van der Waals surface area contributed by atoms with Gasteiger partial charge in [0.15, 0.2) is 0 Å². The zero-order chi connectivity index (χ0) is 17.7. The molecule has 126 valence electrons. The smallest absolute Gasteiger partial charge is 0.263 e. The first-order valence-electron chi connectivity index (χ1n) is 7.87. The Bertz CT molecular complexity index is 696. The van der Waals surface area contributed by atoms with Crippen LogP contribution in [0.1, 0.15) is 20.3 Å². The normalized spacial score (nSPS) is 12.0. The quantitative estimate of drug-likeness (QED) is 0.485. The predicted octanol–water partition coefficient (Wildman–Crippen LogP) is 3.22. The number of rotatable bonds is 6. The van der Waals surface area contributed by atoms with Gasteiger partial charge in [-0.25, -0.2) is 0 Å². The summed E-state index contributed by atoms with van der Waals surface area (Å²) < 4.78 is 0. The highest BCUT2D eigenvalue weighted by Gasteiger charge is 2.30. The third-order valence-electron chi connectivity index (χ3n) is 3.78. The van der Waals surface area contributed by atoms with Crippen LogP contribution < -0.4 is 10.8 Å². The maximum atomic E-state index is 12.4. The molecule has 1 atom stereocenters. The zero-order valence-corrected chi connectivity index (χ0v) is 13.8. The van der Waals surface area contributed by atoms with Crippen molar-refractivity contribution >= 4 is 17.5 Å². The third kappa shape index (κ3) is 4.20. The molecule has 0 aromatic heterocycles. The van der Waals surface area contributed by atoms with Crippen LogP contribution in [0, 0.1) is 11.8 Å². The predicted molar refractivity (Wildman–Crippen MR) is 93.3 cm³/mol. The summed E-state index contributed by atoms with van der Waals surface area (Å²) in [6.45, 7) is 3.78. The Balaban J connectivity index is 2.18. The Hall–Kier alpha value is -2.66.